The average molecular weight is 342 g/mol. The lowest BCUT2D eigenvalue weighted by Gasteiger charge is -2.26. The van der Waals surface area contributed by atoms with Crippen molar-refractivity contribution >= 4 is 12.0 Å². The van der Waals surface area contributed by atoms with Crippen molar-refractivity contribution in [2.24, 2.45) is 0 Å². The molecule has 2 N–H and O–H groups in total. The monoisotopic (exact) mass is 342 g/mol. The second-order valence-electron chi connectivity index (χ2n) is 6.65. The predicted octanol–water partition coefficient (Wildman–Crippen LogP) is 1.46. The molecule has 3 aliphatic rings. The van der Waals surface area contributed by atoms with E-state index >= 15 is 0 Å². The molecule has 0 bridgehead atoms. The fraction of sp³-hybridized carbons (Fsp3) is 0.444. The lowest BCUT2D eigenvalue weighted by molar-refractivity contribution is -0.119. The summed E-state index contributed by atoms with van der Waals surface area (Å²) in [5.74, 6) is -0.118. The Morgan fingerprint density at radius 2 is 2.16 bits per heavy atom. The molecular formula is C18H22N4O3. The standard InChI is InChI=1S/C18H22N4O3/c1-12(23)20-10-13-11-22(18(24)25-13)16-6-8-21-9-7-19-17(21)15-5-3-2-4-14(15)16/h2-5,7,9,13,16-17,19H,6,8,10-11H2,1H3,(H,20,23)/t13-,16?,17?/m0/s1. The summed E-state index contributed by atoms with van der Waals surface area (Å²) in [4.78, 5) is 27.6. The molecule has 0 radical (unpaired) electrons. The number of rotatable bonds is 3. The van der Waals surface area contributed by atoms with Crippen molar-refractivity contribution in [2.45, 2.75) is 31.7 Å². The van der Waals surface area contributed by atoms with Gasteiger partial charge in [-0.3, -0.25) is 9.69 Å². The molecule has 0 aromatic heterocycles. The second-order valence-corrected chi connectivity index (χ2v) is 6.65. The van der Waals surface area contributed by atoms with E-state index in [9.17, 15) is 9.59 Å². The van der Waals surface area contributed by atoms with E-state index in [1.807, 2.05) is 18.3 Å². The van der Waals surface area contributed by atoms with Gasteiger partial charge >= 0.3 is 6.09 Å². The third-order valence-electron chi connectivity index (χ3n) is 5.02. The first kappa shape index (κ1) is 15.8. The van der Waals surface area contributed by atoms with Crippen LogP contribution in [-0.4, -0.2) is 47.5 Å². The molecule has 4 rings (SSSR count). The molecule has 1 aromatic rings. The summed E-state index contributed by atoms with van der Waals surface area (Å²) in [5, 5.41) is 6.11. The Labute approximate surface area is 146 Å². The first-order valence-corrected chi connectivity index (χ1v) is 8.62. The molecule has 2 amide bonds. The van der Waals surface area contributed by atoms with Crippen LogP contribution in [0.15, 0.2) is 36.7 Å². The Kier molecular flexibility index (Phi) is 3.99. The number of benzene rings is 1. The number of carbonyl (C=O) groups excluding carboxylic acids is 2. The number of nitrogens with one attached hydrogen (secondary N) is 2. The lowest BCUT2D eigenvalue weighted by Crippen LogP contribution is -2.35. The zero-order valence-electron chi connectivity index (χ0n) is 14.1. The van der Waals surface area contributed by atoms with E-state index in [0.717, 1.165) is 18.5 Å². The van der Waals surface area contributed by atoms with Gasteiger partial charge in [-0.15, -0.1) is 0 Å². The summed E-state index contributed by atoms with van der Waals surface area (Å²) in [5.41, 5.74) is 2.34. The molecule has 0 saturated carbocycles. The number of hydrogen-bond acceptors (Lipinski definition) is 5. The van der Waals surface area contributed by atoms with Crippen molar-refractivity contribution in [1.29, 1.82) is 0 Å². The first-order valence-electron chi connectivity index (χ1n) is 8.62. The molecule has 0 aliphatic carbocycles. The predicted molar refractivity (Wildman–Crippen MR) is 91.2 cm³/mol. The van der Waals surface area contributed by atoms with Crippen LogP contribution in [-0.2, 0) is 9.53 Å². The van der Waals surface area contributed by atoms with Crippen molar-refractivity contribution in [2.75, 3.05) is 19.6 Å². The van der Waals surface area contributed by atoms with Gasteiger partial charge in [0.25, 0.3) is 0 Å². The largest absolute Gasteiger partial charge is 0.442 e. The van der Waals surface area contributed by atoms with E-state index in [2.05, 4.69) is 33.9 Å². The minimum atomic E-state index is -0.305. The number of amides is 2. The van der Waals surface area contributed by atoms with E-state index in [1.165, 1.54) is 12.5 Å². The smallest absolute Gasteiger partial charge is 0.410 e. The van der Waals surface area contributed by atoms with Gasteiger partial charge in [-0.2, -0.15) is 0 Å². The fourth-order valence-electron chi connectivity index (χ4n) is 3.86. The summed E-state index contributed by atoms with van der Waals surface area (Å²) < 4.78 is 5.46. The topological polar surface area (TPSA) is 73.9 Å². The average Bonchev–Trinajstić information content (AvgIpc) is 3.17. The third-order valence-corrected chi connectivity index (χ3v) is 5.02. The highest BCUT2D eigenvalue weighted by molar-refractivity contribution is 5.73. The zero-order valence-corrected chi connectivity index (χ0v) is 14.1. The normalized spacial score (nSPS) is 27.2. The second kappa shape index (κ2) is 6.31. The maximum Gasteiger partial charge on any atom is 0.410 e. The van der Waals surface area contributed by atoms with Gasteiger partial charge in [-0.25, -0.2) is 4.79 Å². The number of fused-ring (bicyclic) bond motifs is 3. The summed E-state index contributed by atoms with van der Waals surface area (Å²) in [6.45, 7) is 3.16. The highest BCUT2D eigenvalue weighted by atomic mass is 16.6. The van der Waals surface area contributed by atoms with E-state index < -0.39 is 0 Å². The highest BCUT2D eigenvalue weighted by Crippen LogP contribution is 2.38. The SMILES string of the molecule is CC(=O)NC[C@H]1CN(C2CCN3C=CNC3c3ccccc32)C(=O)O1. The van der Waals surface area contributed by atoms with Crippen LogP contribution in [0.3, 0.4) is 0 Å². The van der Waals surface area contributed by atoms with Crippen LogP contribution in [0.2, 0.25) is 0 Å². The van der Waals surface area contributed by atoms with Crippen molar-refractivity contribution in [1.82, 2.24) is 20.4 Å². The van der Waals surface area contributed by atoms with E-state index in [1.54, 1.807) is 4.90 Å². The first-order chi connectivity index (χ1) is 12.1. The molecule has 3 heterocycles. The van der Waals surface area contributed by atoms with Gasteiger partial charge in [-0.05, 0) is 17.5 Å². The molecule has 1 aromatic carbocycles. The Balaban J connectivity index is 1.58. The quantitative estimate of drug-likeness (QED) is 0.870. The molecule has 1 saturated heterocycles. The maximum absolute atomic E-state index is 12.4. The van der Waals surface area contributed by atoms with Gasteiger partial charge in [0.05, 0.1) is 19.1 Å². The summed E-state index contributed by atoms with van der Waals surface area (Å²) >= 11 is 0. The van der Waals surface area contributed by atoms with E-state index in [4.69, 9.17) is 4.74 Å². The highest BCUT2D eigenvalue weighted by Gasteiger charge is 2.40. The van der Waals surface area contributed by atoms with Crippen LogP contribution in [0.5, 0.6) is 0 Å². The van der Waals surface area contributed by atoms with Crippen LogP contribution in [0.25, 0.3) is 0 Å². The van der Waals surface area contributed by atoms with Gasteiger partial charge in [0.15, 0.2) is 0 Å². The zero-order chi connectivity index (χ0) is 17.4. The molecule has 132 valence electrons. The molecule has 7 nitrogen and oxygen atoms in total. The number of ether oxygens (including phenoxy) is 1. The van der Waals surface area contributed by atoms with Gasteiger partial charge in [-0.1, -0.05) is 24.3 Å². The van der Waals surface area contributed by atoms with Crippen molar-refractivity contribution in [3.05, 3.63) is 47.8 Å². The molecule has 2 unspecified atom stereocenters. The molecule has 3 aliphatic heterocycles. The molecule has 1 fully saturated rings. The van der Waals surface area contributed by atoms with Crippen LogP contribution in [0.4, 0.5) is 4.79 Å². The van der Waals surface area contributed by atoms with Crippen LogP contribution in [0.1, 0.15) is 36.7 Å². The Morgan fingerprint density at radius 1 is 1.36 bits per heavy atom. The van der Waals surface area contributed by atoms with E-state index in [-0.39, 0.29) is 30.3 Å². The summed E-state index contributed by atoms with van der Waals surface area (Å²) in [7, 11) is 0. The maximum atomic E-state index is 12.4. The van der Waals surface area contributed by atoms with Gasteiger partial charge in [0.2, 0.25) is 5.91 Å². The van der Waals surface area contributed by atoms with Crippen LogP contribution < -0.4 is 10.6 Å². The van der Waals surface area contributed by atoms with Crippen molar-refractivity contribution in [3.63, 3.8) is 0 Å². The molecular weight excluding hydrogens is 320 g/mol. The summed E-state index contributed by atoms with van der Waals surface area (Å²) in [6.07, 6.45) is 4.38. The lowest BCUT2D eigenvalue weighted by atomic mass is 9.97. The molecule has 25 heavy (non-hydrogen) atoms. The minimum Gasteiger partial charge on any atom is -0.442 e. The Morgan fingerprint density at radius 3 is 2.96 bits per heavy atom. The molecule has 7 heteroatoms. The number of cyclic esters (lactones) is 1. The minimum absolute atomic E-state index is 0.0215. The van der Waals surface area contributed by atoms with Gasteiger partial charge in [0.1, 0.15) is 12.3 Å². The Bertz CT molecular complexity index is 720. The van der Waals surface area contributed by atoms with Crippen LogP contribution in [0, 0.1) is 0 Å². The Hall–Kier alpha value is -2.70. The van der Waals surface area contributed by atoms with E-state index in [0.29, 0.717) is 13.1 Å². The van der Waals surface area contributed by atoms with Crippen LogP contribution >= 0.6 is 0 Å². The molecule has 0 spiro atoms. The van der Waals surface area contributed by atoms with Crippen molar-refractivity contribution < 1.29 is 14.3 Å². The number of carbonyl (C=O) groups is 2. The third kappa shape index (κ3) is 2.90. The molecule has 3 atom stereocenters. The number of nitrogens with zero attached hydrogens (tertiary/aromatic N) is 2. The number of hydrogen-bond donors (Lipinski definition) is 2. The summed E-state index contributed by atoms with van der Waals surface area (Å²) in [6, 6.07) is 8.23. The van der Waals surface area contributed by atoms with Gasteiger partial charge < -0.3 is 20.3 Å². The fourth-order valence-corrected chi connectivity index (χ4v) is 3.86. The van der Waals surface area contributed by atoms with Crippen molar-refractivity contribution in [3.8, 4) is 0 Å². The van der Waals surface area contributed by atoms with Gasteiger partial charge in [0, 0.05) is 25.9 Å².